The molecule has 1 aliphatic carbocycles. The Balaban J connectivity index is 1.76. The number of morpholine rings is 1. The minimum Gasteiger partial charge on any atom is -0.515 e. The van der Waals surface area contributed by atoms with Gasteiger partial charge in [-0.1, -0.05) is 30.3 Å². The van der Waals surface area contributed by atoms with E-state index >= 15 is 0 Å². The average molecular weight is 273 g/mol. The Morgan fingerprint density at radius 2 is 2.10 bits per heavy atom. The molecule has 1 N–H and O–H groups in total. The lowest BCUT2D eigenvalue weighted by molar-refractivity contribution is -0.130. The monoisotopic (exact) mass is 273 g/mol. The van der Waals surface area contributed by atoms with E-state index in [1.54, 1.807) is 0 Å². The van der Waals surface area contributed by atoms with Gasteiger partial charge in [0.2, 0.25) is 0 Å². The molecule has 1 saturated carbocycles. The molecule has 20 heavy (non-hydrogen) atoms. The number of hydrogen-bond donors (Lipinski definition) is 1. The second-order valence-corrected chi connectivity index (χ2v) is 5.42. The first-order valence-corrected chi connectivity index (χ1v) is 7.04. The lowest BCUT2D eigenvalue weighted by Gasteiger charge is -2.43. The summed E-state index contributed by atoms with van der Waals surface area (Å²) in [7, 11) is 0. The molecule has 1 aromatic carbocycles. The number of aliphatic hydroxyl groups excluding tert-OH is 1. The van der Waals surface area contributed by atoms with Crippen molar-refractivity contribution in [3.63, 3.8) is 0 Å². The van der Waals surface area contributed by atoms with Crippen LogP contribution in [0.3, 0.4) is 0 Å². The van der Waals surface area contributed by atoms with Crippen LogP contribution in [0, 0.1) is 0 Å². The van der Waals surface area contributed by atoms with Gasteiger partial charge in [0, 0.05) is 31.1 Å². The van der Waals surface area contributed by atoms with Gasteiger partial charge in [0.15, 0.2) is 5.78 Å². The summed E-state index contributed by atoms with van der Waals surface area (Å²) in [5.41, 5.74) is 1.79. The van der Waals surface area contributed by atoms with Crippen LogP contribution in [0.5, 0.6) is 0 Å². The van der Waals surface area contributed by atoms with E-state index in [2.05, 4.69) is 17.0 Å². The summed E-state index contributed by atoms with van der Waals surface area (Å²) in [6.07, 6.45) is 1.88. The Morgan fingerprint density at radius 3 is 2.85 bits per heavy atom. The standard InChI is InChI=1S/C16H19NO3/c18-11-13-8-14-16(9-15(13)19)20-7-6-17(14)10-12-4-2-1-3-5-12/h1-5,11,14,16,18H,6-10H2/t14-,16-/m1/s1. The van der Waals surface area contributed by atoms with E-state index in [9.17, 15) is 9.90 Å². The first-order chi connectivity index (χ1) is 9.78. The molecule has 4 nitrogen and oxygen atoms in total. The summed E-state index contributed by atoms with van der Waals surface area (Å²) in [5.74, 6) is 0.00955. The van der Waals surface area contributed by atoms with E-state index in [1.807, 2.05) is 18.2 Å². The second-order valence-electron chi connectivity index (χ2n) is 5.42. The fraction of sp³-hybridized carbons (Fsp3) is 0.438. The van der Waals surface area contributed by atoms with Gasteiger partial charge >= 0.3 is 0 Å². The van der Waals surface area contributed by atoms with Crippen molar-refractivity contribution < 1.29 is 14.6 Å². The Bertz CT molecular complexity index is 512. The quantitative estimate of drug-likeness (QED) is 0.662. The number of fused-ring (bicyclic) bond motifs is 1. The van der Waals surface area contributed by atoms with E-state index in [-0.39, 0.29) is 17.9 Å². The third-order valence-corrected chi connectivity index (χ3v) is 4.17. The van der Waals surface area contributed by atoms with Crippen LogP contribution in [0.4, 0.5) is 0 Å². The number of hydrogen-bond acceptors (Lipinski definition) is 4. The fourth-order valence-electron chi connectivity index (χ4n) is 3.08. The highest BCUT2D eigenvalue weighted by molar-refractivity contribution is 5.96. The molecule has 2 aliphatic rings. The molecule has 2 atom stereocenters. The number of ketones is 1. The molecular formula is C16H19NO3. The van der Waals surface area contributed by atoms with Gasteiger partial charge in [0.25, 0.3) is 0 Å². The molecule has 106 valence electrons. The molecule has 2 fully saturated rings. The van der Waals surface area contributed by atoms with Crippen molar-refractivity contribution in [2.24, 2.45) is 0 Å². The summed E-state index contributed by atoms with van der Waals surface area (Å²) in [4.78, 5) is 14.2. The number of nitrogens with zero attached hydrogens (tertiary/aromatic N) is 1. The van der Waals surface area contributed by atoms with Crippen molar-refractivity contribution in [3.8, 4) is 0 Å². The number of carbonyl (C=O) groups is 1. The Kier molecular flexibility index (Phi) is 3.85. The fourth-order valence-corrected chi connectivity index (χ4v) is 3.08. The topological polar surface area (TPSA) is 49.8 Å². The van der Waals surface area contributed by atoms with Gasteiger partial charge < -0.3 is 9.84 Å². The maximum absolute atomic E-state index is 11.8. The number of aliphatic hydroxyl groups is 1. The zero-order chi connectivity index (χ0) is 13.9. The maximum atomic E-state index is 11.8. The molecule has 0 unspecified atom stereocenters. The van der Waals surface area contributed by atoms with Crippen LogP contribution >= 0.6 is 0 Å². The van der Waals surface area contributed by atoms with Gasteiger partial charge in [-0.05, 0) is 12.0 Å². The number of ether oxygens (including phenoxy) is 1. The van der Waals surface area contributed by atoms with Crippen LogP contribution in [-0.4, -0.2) is 41.1 Å². The zero-order valence-electron chi connectivity index (χ0n) is 11.4. The van der Waals surface area contributed by atoms with Crippen molar-refractivity contribution in [1.29, 1.82) is 0 Å². The number of benzene rings is 1. The molecule has 4 heteroatoms. The van der Waals surface area contributed by atoms with Gasteiger partial charge in [-0.2, -0.15) is 0 Å². The molecule has 0 amide bonds. The van der Waals surface area contributed by atoms with Crippen LogP contribution in [0.1, 0.15) is 18.4 Å². The normalized spacial score (nSPS) is 29.4. The minimum absolute atomic E-state index is 0.00955. The Hall–Kier alpha value is -1.65. The summed E-state index contributed by atoms with van der Waals surface area (Å²) < 4.78 is 5.74. The summed E-state index contributed by atoms with van der Waals surface area (Å²) in [5, 5.41) is 9.19. The van der Waals surface area contributed by atoms with E-state index < -0.39 is 0 Å². The third-order valence-electron chi connectivity index (χ3n) is 4.17. The van der Waals surface area contributed by atoms with Gasteiger partial charge in [-0.25, -0.2) is 0 Å². The largest absolute Gasteiger partial charge is 0.515 e. The van der Waals surface area contributed by atoms with E-state index in [4.69, 9.17) is 4.74 Å². The smallest absolute Gasteiger partial charge is 0.164 e. The maximum Gasteiger partial charge on any atom is 0.164 e. The molecule has 0 aromatic heterocycles. The van der Waals surface area contributed by atoms with Crippen LogP contribution in [-0.2, 0) is 16.1 Å². The summed E-state index contributed by atoms with van der Waals surface area (Å²) >= 11 is 0. The van der Waals surface area contributed by atoms with Crippen molar-refractivity contribution in [2.45, 2.75) is 31.5 Å². The first kappa shape index (κ1) is 13.3. The molecular weight excluding hydrogens is 254 g/mol. The zero-order valence-corrected chi connectivity index (χ0v) is 11.4. The highest BCUT2D eigenvalue weighted by Crippen LogP contribution is 2.30. The molecule has 3 rings (SSSR count). The van der Waals surface area contributed by atoms with Gasteiger partial charge in [0.1, 0.15) is 0 Å². The average Bonchev–Trinajstić information content (AvgIpc) is 2.48. The lowest BCUT2D eigenvalue weighted by Crippen LogP contribution is -2.54. The highest BCUT2D eigenvalue weighted by atomic mass is 16.5. The predicted octanol–water partition coefficient (Wildman–Crippen LogP) is 2.06. The van der Waals surface area contributed by atoms with Crippen LogP contribution in [0.25, 0.3) is 0 Å². The number of Topliss-reactive ketones (excluding diaryl/α,β-unsaturated/α-hetero) is 1. The van der Waals surface area contributed by atoms with Gasteiger partial charge in [0.05, 0.1) is 19.0 Å². The van der Waals surface area contributed by atoms with Gasteiger partial charge in [-0.15, -0.1) is 0 Å². The van der Waals surface area contributed by atoms with Crippen molar-refractivity contribution in [2.75, 3.05) is 13.2 Å². The number of rotatable bonds is 2. The molecule has 1 aliphatic heterocycles. The second kappa shape index (κ2) is 5.77. The van der Waals surface area contributed by atoms with Crippen LogP contribution < -0.4 is 0 Å². The Morgan fingerprint density at radius 1 is 1.30 bits per heavy atom. The summed E-state index contributed by atoms with van der Waals surface area (Å²) in [6, 6.07) is 10.5. The summed E-state index contributed by atoms with van der Waals surface area (Å²) in [6.45, 7) is 2.39. The predicted molar refractivity (Wildman–Crippen MR) is 75.3 cm³/mol. The molecule has 1 aromatic rings. The third kappa shape index (κ3) is 2.62. The van der Waals surface area contributed by atoms with E-state index in [1.165, 1.54) is 5.56 Å². The van der Waals surface area contributed by atoms with Crippen molar-refractivity contribution >= 4 is 5.78 Å². The van der Waals surface area contributed by atoms with E-state index in [0.717, 1.165) is 19.4 Å². The molecule has 1 saturated heterocycles. The molecule has 0 spiro atoms. The number of carbonyl (C=O) groups excluding carboxylic acids is 1. The van der Waals surface area contributed by atoms with Crippen LogP contribution in [0.2, 0.25) is 0 Å². The van der Waals surface area contributed by atoms with Crippen molar-refractivity contribution in [1.82, 2.24) is 4.90 Å². The Labute approximate surface area is 118 Å². The van der Waals surface area contributed by atoms with Crippen LogP contribution in [0.15, 0.2) is 42.2 Å². The minimum atomic E-state index is -0.0383. The molecule has 0 radical (unpaired) electrons. The van der Waals surface area contributed by atoms with Gasteiger partial charge in [-0.3, -0.25) is 9.69 Å². The van der Waals surface area contributed by atoms with E-state index in [0.29, 0.717) is 25.0 Å². The SMILES string of the molecule is O=C1C[C@H]2OCCN(Cc3ccccc3)[C@@H]2CC1=CO. The van der Waals surface area contributed by atoms with Crippen molar-refractivity contribution in [3.05, 3.63) is 47.7 Å². The molecule has 0 bridgehead atoms. The lowest BCUT2D eigenvalue weighted by atomic mass is 9.85. The highest BCUT2D eigenvalue weighted by Gasteiger charge is 2.39. The first-order valence-electron chi connectivity index (χ1n) is 7.04. The molecule has 1 heterocycles.